The zero-order chi connectivity index (χ0) is 24.5. The van der Waals surface area contributed by atoms with E-state index in [0.717, 1.165) is 22.4 Å². The zero-order valence-corrected chi connectivity index (χ0v) is 20.1. The molecule has 34 heavy (non-hydrogen) atoms. The molecule has 1 saturated heterocycles. The van der Waals surface area contributed by atoms with Gasteiger partial charge in [0.05, 0.1) is 10.8 Å². The molecule has 1 atom stereocenters. The van der Waals surface area contributed by atoms with Crippen LogP contribution in [0.2, 0.25) is 0 Å². The Morgan fingerprint density at radius 2 is 1.44 bits per heavy atom. The lowest BCUT2D eigenvalue weighted by Gasteiger charge is -2.18. The molecular weight excluding hydrogens is 450 g/mol. The van der Waals surface area contributed by atoms with Gasteiger partial charge in [-0.1, -0.05) is 23.8 Å². The topological polar surface area (TPSA) is 95.6 Å². The molecule has 0 radical (unpaired) electrons. The van der Waals surface area contributed by atoms with Crippen molar-refractivity contribution in [3.8, 4) is 0 Å². The summed E-state index contributed by atoms with van der Waals surface area (Å²) in [6, 6.07) is 18.9. The first-order chi connectivity index (χ1) is 16.1. The fourth-order valence-electron chi connectivity index (χ4n) is 4.04. The van der Waals surface area contributed by atoms with Gasteiger partial charge in [-0.05, 0) is 80.4 Å². The van der Waals surface area contributed by atoms with Crippen LogP contribution in [-0.2, 0) is 19.6 Å². The second-order valence-corrected chi connectivity index (χ2v) is 10.4. The Hall–Kier alpha value is -3.65. The Balaban J connectivity index is 1.41. The highest BCUT2D eigenvalue weighted by molar-refractivity contribution is 7.92. The third kappa shape index (κ3) is 5.28. The van der Waals surface area contributed by atoms with Crippen LogP contribution in [-0.4, -0.2) is 26.8 Å². The quantitative estimate of drug-likeness (QED) is 0.550. The number of rotatable bonds is 6. The van der Waals surface area contributed by atoms with Crippen molar-refractivity contribution in [2.24, 2.45) is 5.92 Å². The molecule has 3 aromatic carbocycles. The van der Waals surface area contributed by atoms with Gasteiger partial charge < -0.3 is 10.2 Å². The van der Waals surface area contributed by atoms with Gasteiger partial charge in [0.25, 0.3) is 10.0 Å². The summed E-state index contributed by atoms with van der Waals surface area (Å²) in [6.07, 6.45) is 0.131. The van der Waals surface area contributed by atoms with Crippen molar-refractivity contribution in [3.05, 3.63) is 83.4 Å². The van der Waals surface area contributed by atoms with Crippen molar-refractivity contribution < 1.29 is 18.0 Å². The van der Waals surface area contributed by atoms with E-state index in [9.17, 15) is 18.0 Å². The van der Waals surface area contributed by atoms with Gasteiger partial charge in [0.1, 0.15) is 0 Å². The number of amides is 2. The molecule has 1 unspecified atom stereocenters. The second kappa shape index (κ2) is 9.30. The number of benzene rings is 3. The lowest BCUT2D eigenvalue weighted by atomic mass is 10.1. The van der Waals surface area contributed by atoms with Gasteiger partial charge in [0.2, 0.25) is 11.8 Å². The van der Waals surface area contributed by atoms with Crippen LogP contribution in [0.4, 0.5) is 17.1 Å². The lowest BCUT2D eigenvalue weighted by molar-refractivity contribution is -0.122. The van der Waals surface area contributed by atoms with Crippen molar-refractivity contribution in [2.45, 2.75) is 32.1 Å². The molecule has 1 aliphatic heterocycles. The van der Waals surface area contributed by atoms with Gasteiger partial charge >= 0.3 is 0 Å². The maximum atomic E-state index is 12.8. The standard InChI is InChI=1S/C26H27N3O4S/c1-17-4-6-22(7-5-17)28-34(32,33)24-10-8-21(9-11-24)27-26(31)20-15-25(30)29(16-20)23-13-18(2)12-19(3)14-23/h4-14,20,28H,15-16H2,1-3H3,(H,27,31). The Labute approximate surface area is 199 Å². The van der Waals surface area contributed by atoms with Gasteiger partial charge in [0, 0.05) is 30.0 Å². The Bertz CT molecular complexity index is 1310. The number of carbonyl (C=O) groups is 2. The molecule has 7 nitrogen and oxygen atoms in total. The molecule has 8 heteroatoms. The van der Waals surface area contributed by atoms with Crippen molar-refractivity contribution in [1.82, 2.24) is 0 Å². The molecule has 0 aliphatic carbocycles. The molecule has 2 N–H and O–H groups in total. The summed E-state index contributed by atoms with van der Waals surface area (Å²) >= 11 is 0. The first-order valence-corrected chi connectivity index (χ1v) is 12.5. The van der Waals surface area contributed by atoms with Crippen LogP contribution < -0.4 is 14.9 Å². The first-order valence-electron chi connectivity index (χ1n) is 11.0. The minimum Gasteiger partial charge on any atom is -0.326 e. The summed E-state index contributed by atoms with van der Waals surface area (Å²) in [7, 11) is -3.75. The summed E-state index contributed by atoms with van der Waals surface area (Å²) in [5, 5.41) is 2.80. The maximum absolute atomic E-state index is 12.8. The molecule has 0 bridgehead atoms. The average molecular weight is 478 g/mol. The van der Waals surface area contributed by atoms with Gasteiger partial charge in [-0.15, -0.1) is 0 Å². The van der Waals surface area contributed by atoms with Crippen LogP contribution in [0.15, 0.2) is 71.6 Å². The second-order valence-electron chi connectivity index (χ2n) is 8.74. The number of hydrogen-bond acceptors (Lipinski definition) is 4. The number of sulfonamides is 1. The molecule has 0 saturated carbocycles. The van der Waals surface area contributed by atoms with Gasteiger partial charge in [-0.3, -0.25) is 14.3 Å². The fraction of sp³-hybridized carbons (Fsp3) is 0.231. The van der Waals surface area contributed by atoms with Gasteiger partial charge in [-0.25, -0.2) is 8.42 Å². The Morgan fingerprint density at radius 3 is 2.06 bits per heavy atom. The fourth-order valence-corrected chi connectivity index (χ4v) is 5.10. The van der Waals surface area contributed by atoms with E-state index in [1.165, 1.54) is 12.1 Å². The minimum atomic E-state index is -3.75. The Morgan fingerprint density at radius 1 is 0.853 bits per heavy atom. The predicted molar refractivity (Wildman–Crippen MR) is 133 cm³/mol. The van der Waals surface area contributed by atoms with E-state index in [1.807, 2.05) is 51.1 Å². The molecule has 3 aromatic rings. The lowest BCUT2D eigenvalue weighted by Crippen LogP contribution is -2.28. The highest BCUT2D eigenvalue weighted by Gasteiger charge is 2.35. The summed E-state index contributed by atoms with van der Waals surface area (Å²) in [5.41, 5.74) is 4.89. The van der Waals surface area contributed by atoms with Crippen molar-refractivity contribution in [3.63, 3.8) is 0 Å². The maximum Gasteiger partial charge on any atom is 0.261 e. The predicted octanol–water partition coefficient (Wildman–Crippen LogP) is 4.40. The average Bonchev–Trinajstić information content (AvgIpc) is 3.17. The minimum absolute atomic E-state index is 0.0862. The molecule has 4 rings (SSSR count). The number of hydrogen-bond donors (Lipinski definition) is 2. The molecule has 1 fully saturated rings. The highest BCUT2D eigenvalue weighted by Crippen LogP contribution is 2.28. The van der Waals surface area contributed by atoms with E-state index < -0.39 is 15.9 Å². The molecule has 2 amide bonds. The monoisotopic (exact) mass is 477 g/mol. The van der Waals surface area contributed by atoms with E-state index in [4.69, 9.17) is 0 Å². The van der Waals surface area contributed by atoms with Crippen LogP contribution in [0, 0.1) is 26.7 Å². The van der Waals surface area contributed by atoms with E-state index in [1.54, 1.807) is 29.2 Å². The van der Waals surface area contributed by atoms with Gasteiger partial charge in [-0.2, -0.15) is 0 Å². The smallest absolute Gasteiger partial charge is 0.261 e. The number of carbonyl (C=O) groups excluding carboxylic acids is 2. The van der Waals surface area contributed by atoms with Crippen molar-refractivity contribution in [2.75, 3.05) is 21.5 Å². The zero-order valence-electron chi connectivity index (χ0n) is 19.3. The van der Waals surface area contributed by atoms with Crippen LogP contribution in [0.25, 0.3) is 0 Å². The molecule has 0 aromatic heterocycles. The van der Waals surface area contributed by atoms with E-state index in [-0.39, 0.29) is 23.1 Å². The van der Waals surface area contributed by atoms with Crippen molar-refractivity contribution in [1.29, 1.82) is 0 Å². The number of aryl methyl sites for hydroxylation is 3. The first kappa shape index (κ1) is 23.5. The summed E-state index contributed by atoms with van der Waals surface area (Å²) in [5.74, 6) is -0.845. The molecule has 1 aliphatic rings. The molecule has 176 valence electrons. The summed E-state index contributed by atoms with van der Waals surface area (Å²) in [4.78, 5) is 27.1. The van der Waals surface area contributed by atoms with E-state index >= 15 is 0 Å². The number of nitrogens with zero attached hydrogens (tertiary/aromatic N) is 1. The third-order valence-electron chi connectivity index (χ3n) is 5.75. The van der Waals surface area contributed by atoms with Crippen LogP contribution in [0.1, 0.15) is 23.1 Å². The van der Waals surface area contributed by atoms with E-state index in [0.29, 0.717) is 17.9 Å². The van der Waals surface area contributed by atoms with Gasteiger partial charge in [0.15, 0.2) is 0 Å². The summed E-state index contributed by atoms with van der Waals surface area (Å²) in [6.45, 7) is 6.18. The molecular formula is C26H27N3O4S. The van der Waals surface area contributed by atoms with E-state index in [2.05, 4.69) is 10.0 Å². The van der Waals surface area contributed by atoms with Crippen molar-refractivity contribution >= 4 is 38.9 Å². The normalized spacial score (nSPS) is 15.9. The number of anilines is 3. The number of nitrogens with one attached hydrogen (secondary N) is 2. The SMILES string of the molecule is Cc1ccc(NS(=O)(=O)c2ccc(NC(=O)C3CC(=O)N(c4cc(C)cc(C)c4)C3)cc2)cc1. The largest absolute Gasteiger partial charge is 0.326 e. The molecule has 1 heterocycles. The third-order valence-corrected chi connectivity index (χ3v) is 7.15. The summed E-state index contributed by atoms with van der Waals surface area (Å²) < 4.78 is 27.8. The van der Waals surface area contributed by atoms with Crippen LogP contribution in [0.3, 0.4) is 0 Å². The van der Waals surface area contributed by atoms with Crippen LogP contribution in [0.5, 0.6) is 0 Å². The molecule has 0 spiro atoms. The highest BCUT2D eigenvalue weighted by atomic mass is 32.2. The Kier molecular flexibility index (Phi) is 6.43. The van der Waals surface area contributed by atoms with Crippen LogP contribution >= 0.6 is 0 Å².